The summed E-state index contributed by atoms with van der Waals surface area (Å²) in [6.45, 7) is 0. The first kappa shape index (κ1) is 13.4. The summed E-state index contributed by atoms with van der Waals surface area (Å²) >= 11 is -0.213. The molecular weight excluding hydrogens is 451 g/mol. The zero-order valence-electron chi connectivity index (χ0n) is 11.8. The molecule has 0 aliphatic carbocycles. The Kier molecular flexibility index (Phi) is 3.36. The van der Waals surface area contributed by atoms with Crippen molar-refractivity contribution in [3.05, 3.63) is 72.8 Å². The summed E-state index contributed by atoms with van der Waals surface area (Å²) < 4.78 is 6.43. The van der Waals surface area contributed by atoms with Gasteiger partial charge in [-0.3, -0.25) is 0 Å². The van der Waals surface area contributed by atoms with E-state index in [2.05, 4.69) is 75.4 Å². The maximum atomic E-state index is 5.50. The van der Waals surface area contributed by atoms with Crippen LogP contribution < -0.4 is 3.78 Å². The van der Waals surface area contributed by atoms with E-state index in [0.29, 0.717) is 0 Å². The molecule has 0 saturated heterocycles. The van der Waals surface area contributed by atoms with Crippen molar-refractivity contribution < 1.29 is 19.8 Å². The van der Waals surface area contributed by atoms with Gasteiger partial charge in [-0.2, -0.15) is 0 Å². The molecule has 0 radical (unpaired) electrons. The van der Waals surface area contributed by atoms with E-state index >= 15 is 0 Å². The Hall–Kier alpha value is -2.24. The normalized spacial score (nSPS) is 11.0. The van der Waals surface area contributed by atoms with Crippen LogP contribution in [0.25, 0.3) is 27.5 Å². The zero-order chi connectivity index (χ0) is 14.9. The molecule has 4 aromatic rings. The van der Waals surface area contributed by atoms with Crippen molar-refractivity contribution in [2.24, 2.45) is 0 Å². The van der Waals surface area contributed by atoms with Gasteiger partial charge in [0.2, 0.25) is 0 Å². The minimum absolute atomic E-state index is 0.213. The van der Waals surface area contributed by atoms with E-state index < -0.39 is 0 Å². The molecule has 0 saturated carbocycles. The minimum atomic E-state index is -0.213. The Morgan fingerprint density at radius 1 is 0.773 bits per heavy atom. The van der Waals surface area contributed by atoms with E-state index in [-0.39, 0.29) is 19.8 Å². The molecule has 0 aliphatic heterocycles. The fraction of sp³-hybridized carbons (Fsp3) is 0. The second-order valence-corrected chi connectivity index (χ2v) is 7.39. The van der Waals surface area contributed by atoms with E-state index in [1.807, 2.05) is 6.07 Å². The summed E-state index contributed by atoms with van der Waals surface area (Å²) in [7, 11) is 0. The quantitative estimate of drug-likeness (QED) is 0.311. The summed E-state index contributed by atoms with van der Waals surface area (Å²) in [6, 6.07) is 25.7. The summed E-state index contributed by atoms with van der Waals surface area (Å²) in [5.41, 5.74) is 3.65. The van der Waals surface area contributed by atoms with Gasteiger partial charge in [0.25, 0.3) is 0 Å². The van der Waals surface area contributed by atoms with Crippen molar-refractivity contribution in [1.82, 2.24) is 4.57 Å². The molecule has 0 aliphatic rings. The van der Waals surface area contributed by atoms with Crippen molar-refractivity contribution in [3.63, 3.8) is 0 Å². The molecule has 3 aromatic carbocycles. The van der Waals surface area contributed by atoms with E-state index in [9.17, 15) is 0 Å². The van der Waals surface area contributed by atoms with Crippen LogP contribution in [0.3, 0.4) is 0 Å². The zero-order valence-corrected chi connectivity index (χ0v) is 13.9. The first-order chi connectivity index (χ1) is 10.9. The number of terminal acetylenes is 1. The van der Waals surface area contributed by atoms with Gasteiger partial charge in [0.1, 0.15) is 0 Å². The van der Waals surface area contributed by atoms with Crippen molar-refractivity contribution in [3.8, 4) is 16.2 Å². The third-order valence-corrected chi connectivity index (χ3v) is 5.37. The number of nitrogens with zero attached hydrogens (tertiary/aromatic N) is 1. The number of hydrogen-bond donors (Lipinski definition) is 0. The Morgan fingerprint density at radius 3 is 2.32 bits per heavy atom. The van der Waals surface area contributed by atoms with Crippen molar-refractivity contribution in [2.45, 2.75) is 0 Å². The van der Waals surface area contributed by atoms with E-state index in [4.69, 9.17) is 6.42 Å². The number of fused-ring (bicyclic) bond motifs is 3. The van der Waals surface area contributed by atoms with Gasteiger partial charge in [-0.05, 0) is 0 Å². The topological polar surface area (TPSA) is 4.93 Å². The van der Waals surface area contributed by atoms with Gasteiger partial charge < -0.3 is 0 Å². The number of aromatic nitrogens is 1. The number of benzene rings is 3. The Morgan fingerprint density at radius 2 is 1.50 bits per heavy atom. The number of para-hydroxylation sites is 2. The predicted octanol–water partition coefficient (Wildman–Crippen LogP) is 4.08. The predicted molar refractivity (Wildman–Crippen MR) is 89.2 cm³/mol. The first-order valence-corrected chi connectivity index (χ1v) is 9.15. The SMILES string of the molecule is C#[C][Au][c]1ccc2c(c1)c1ccccc1n2-c1ccccc1. The average Bonchev–Trinajstić information content (AvgIpc) is 2.90. The van der Waals surface area contributed by atoms with Crippen LogP contribution in [0.1, 0.15) is 0 Å². The summed E-state index contributed by atoms with van der Waals surface area (Å²) in [6.07, 6.45) is 5.50. The van der Waals surface area contributed by atoms with Crippen LogP contribution >= 0.6 is 0 Å². The second kappa shape index (κ2) is 5.51. The molecule has 0 amide bonds. The van der Waals surface area contributed by atoms with Gasteiger partial charge in [0.15, 0.2) is 0 Å². The second-order valence-electron chi connectivity index (χ2n) is 4.97. The van der Waals surface area contributed by atoms with Crippen LogP contribution in [-0.4, -0.2) is 4.57 Å². The van der Waals surface area contributed by atoms with E-state index in [1.165, 1.54) is 31.3 Å². The Balaban J connectivity index is 2.12. The van der Waals surface area contributed by atoms with E-state index in [1.54, 1.807) is 0 Å². The molecule has 0 spiro atoms. The Bertz CT molecular complexity index is 1010. The Labute approximate surface area is 138 Å². The summed E-state index contributed by atoms with van der Waals surface area (Å²) in [5, 5.41) is 2.56. The van der Waals surface area contributed by atoms with Crippen LogP contribution in [0.5, 0.6) is 0 Å². The average molecular weight is 464 g/mol. The molecule has 0 atom stereocenters. The standard InChI is InChI=1S/C18H12N.C2H.Au/c1-2-8-14(9-3-1)19-17-12-6-4-10-15(17)16-11-5-7-13-18(16)19;1-2;/h1-4,6-13H;1H;. The molecule has 4 rings (SSSR count). The van der Waals surface area contributed by atoms with Crippen molar-refractivity contribution in [2.75, 3.05) is 0 Å². The fourth-order valence-corrected chi connectivity index (χ4v) is 4.07. The molecule has 0 unspecified atom stereocenters. The van der Waals surface area contributed by atoms with Gasteiger partial charge in [-0.15, -0.1) is 0 Å². The summed E-state index contributed by atoms with van der Waals surface area (Å²) in [4.78, 5) is 0. The van der Waals surface area contributed by atoms with Gasteiger partial charge in [0, 0.05) is 0 Å². The molecule has 1 aromatic heterocycles. The van der Waals surface area contributed by atoms with Gasteiger partial charge in [0.05, 0.1) is 0 Å². The molecular formula is C20H13AuN. The summed E-state index contributed by atoms with van der Waals surface area (Å²) in [5.74, 6) is 0. The van der Waals surface area contributed by atoms with Crippen LogP contribution in [0.4, 0.5) is 0 Å². The molecule has 0 bridgehead atoms. The molecule has 2 heteroatoms. The van der Waals surface area contributed by atoms with Gasteiger partial charge in [-0.25, -0.2) is 0 Å². The monoisotopic (exact) mass is 464 g/mol. The maximum absolute atomic E-state index is 5.50. The fourth-order valence-electron chi connectivity index (χ4n) is 2.88. The number of rotatable bonds is 2. The van der Waals surface area contributed by atoms with Crippen molar-refractivity contribution >= 4 is 25.6 Å². The molecule has 22 heavy (non-hydrogen) atoms. The third kappa shape index (κ3) is 2.10. The molecule has 1 heterocycles. The van der Waals surface area contributed by atoms with Crippen LogP contribution in [0, 0.1) is 10.6 Å². The third-order valence-electron chi connectivity index (χ3n) is 3.76. The van der Waals surface area contributed by atoms with E-state index in [0.717, 1.165) is 0 Å². The van der Waals surface area contributed by atoms with Crippen LogP contribution in [0.2, 0.25) is 0 Å². The van der Waals surface area contributed by atoms with Gasteiger partial charge in [-0.1, -0.05) is 0 Å². The number of hydrogen-bond acceptors (Lipinski definition) is 0. The molecule has 0 fully saturated rings. The molecule has 1 nitrogen and oxygen atoms in total. The first-order valence-electron chi connectivity index (χ1n) is 6.99. The van der Waals surface area contributed by atoms with Gasteiger partial charge >= 0.3 is 139 Å². The van der Waals surface area contributed by atoms with Crippen molar-refractivity contribution in [1.29, 1.82) is 0 Å². The molecule has 0 N–H and O–H groups in total. The molecule has 109 valence electrons. The van der Waals surface area contributed by atoms with Crippen LogP contribution in [0.15, 0.2) is 72.8 Å². The van der Waals surface area contributed by atoms with Crippen LogP contribution in [-0.2, 0) is 19.8 Å².